The third-order valence-electron chi connectivity index (χ3n) is 2.83. The van der Waals surface area contributed by atoms with Gasteiger partial charge in [-0.3, -0.25) is 4.79 Å². The first-order chi connectivity index (χ1) is 10.0. The molecule has 0 saturated heterocycles. The Morgan fingerprint density at radius 2 is 1.90 bits per heavy atom. The molecule has 0 fully saturated rings. The highest BCUT2D eigenvalue weighted by atomic mass is 127. The summed E-state index contributed by atoms with van der Waals surface area (Å²) in [6, 6.07) is 10.8. The number of anilines is 1. The van der Waals surface area contributed by atoms with Gasteiger partial charge in [-0.1, -0.05) is 0 Å². The molecule has 21 heavy (non-hydrogen) atoms. The SMILES string of the molecule is COc1ccc(OC)c(NC(=O)c2cc(I)ccc2Br)c1. The number of methoxy groups -OCH3 is 2. The fourth-order valence-corrected chi connectivity index (χ4v) is 2.69. The van der Waals surface area contributed by atoms with E-state index in [0.717, 1.165) is 8.04 Å². The van der Waals surface area contributed by atoms with Gasteiger partial charge in [0.15, 0.2) is 0 Å². The molecule has 1 amide bonds. The summed E-state index contributed by atoms with van der Waals surface area (Å²) in [6.07, 6.45) is 0. The highest BCUT2D eigenvalue weighted by Gasteiger charge is 2.14. The molecule has 0 aliphatic heterocycles. The van der Waals surface area contributed by atoms with Gasteiger partial charge in [-0.25, -0.2) is 0 Å². The predicted octanol–water partition coefficient (Wildman–Crippen LogP) is 4.32. The van der Waals surface area contributed by atoms with Crippen LogP contribution >= 0.6 is 38.5 Å². The molecule has 2 aromatic carbocycles. The molecule has 0 saturated carbocycles. The maximum absolute atomic E-state index is 12.4. The molecule has 0 unspecified atom stereocenters. The Balaban J connectivity index is 2.32. The van der Waals surface area contributed by atoms with Crippen molar-refractivity contribution in [3.8, 4) is 11.5 Å². The predicted molar refractivity (Wildman–Crippen MR) is 94.4 cm³/mol. The van der Waals surface area contributed by atoms with Crippen LogP contribution in [0.5, 0.6) is 11.5 Å². The lowest BCUT2D eigenvalue weighted by Gasteiger charge is -2.12. The number of benzene rings is 2. The third-order valence-corrected chi connectivity index (χ3v) is 4.19. The Bertz CT molecular complexity index is 676. The molecule has 2 rings (SSSR count). The maximum atomic E-state index is 12.4. The van der Waals surface area contributed by atoms with Gasteiger partial charge in [0.25, 0.3) is 5.91 Å². The van der Waals surface area contributed by atoms with Gasteiger partial charge in [0, 0.05) is 14.1 Å². The highest BCUT2D eigenvalue weighted by molar-refractivity contribution is 14.1. The zero-order valence-corrected chi connectivity index (χ0v) is 15.2. The van der Waals surface area contributed by atoms with Crippen molar-refractivity contribution in [2.45, 2.75) is 0 Å². The minimum absolute atomic E-state index is 0.216. The molecule has 6 heteroatoms. The van der Waals surface area contributed by atoms with Crippen LogP contribution in [0.3, 0.4) is 0 Å². The van der Waals surface area contributed by atoms with Crippen molar-refractivity contribution in [1.82, 2.24) is 0 Å². The summed E-state index contributed by atoms with van der Waals surface area (Å²) in [5.41, 5.74) is 1.12. The summed E-state index contributed by atoms with van der Waals surface area (Å²) in [7, 11) is 3.13. The number of amides is 1. The van der Waals surface area contributed by atoms with E-state index in [1.54, 1.807) is 32.4 Å². The zero-order chi connectivity index (χ0) is 15.4. The lowest BCUT2D eigenvalue weighted by atomic mass is 10.2. The molecule has 1 N–H and O–H groups in total. The molecule has 0 atom stereocenters. The summed E-state index contributed by atoms with van der Waals surface area (Å²) in [5, 5.41) is 2.84. The van der Waals surface area contributed by atoms with Gasteiger partial charge in [-0.15, -0.1) is 0 Å². The smallest absolute Gasteiger partial charge is 0.256 e. The largest absolute Gasteiger partial charge is 0.497 e. The molecule has 0 aliphatic rings. The van der Waals surface area contributed by atoms with E-state index in [1.807, 2.05) is 18.2 Å². The van der Waals surface area contributed by atoms with Crippen molar-refractivity contribution in [3.05, 3.63) is 50.0 Å². The van der Waals surface area contributed by atoms with Gasteiger partial charge in [0.1, 0.15) is 11.5 Å². The summed E-state index contributed by atoms with van der Waals surface area (Å²) >= 11 is 5.55. The summed E-state index contributed by atoms with van der Waals surface area (Å²) in [6.45, 7) is 0. The van der Waals surface area contributed by atoms with E-state index in [0.29, 0.717) is 22.7 Å². The number of carbonyl (C=O) groups excluding carboxylic acids is 1. The highest BCUT2D eigenvalue weighted by Crippen LogP contribution is 2.30. The number of carbonyl (C=O) groups is 1. The van der Waals surface area contributed by atoms with E-state index in [2.05, 4.69) is 43.8 Å². The number of hydrogen-bond acceptors (Lipinski definition) is 3. The van der Waals surface area contributed by atoms with Gasteiger partial charge in [0.05, 0.1) is 25.5 Å². The second-order valence-corrected chi connectivity index (χ2v) is 6.24. The van der Waals surface area contributed by atoms with Crippen LogP contribution in [0.25, 0.3) is 0 Å². The average molecular weight is 462 g/mol. The van der Waals surface area contributed by atoms with Crippen LogP contribution < -0.4 is 14.8 Å². The number of nitrogens with one attached hydrogen (secondary N) is 1. The number of rotatable bonds is 4. The van der Waals surface area contributed by atoms with E-state index in [1.165, 1.54) is 0 Å². The quantitative estimate of drug-likeness (QED) is 0.689. The van der Waals surface area contributed by atoms with Crippen molar-refractivity contribution in [2.24, 2.45) is 0 Å². The Hall–Kier alpha value is -1.28. The van der Waals surface area contributed by atoms with E-state index in [4.69, 9.17) is 9.47 Å². The van der Waals surface area contributed by atoms with Crippen molar-refractivity contribution in [2.75, 3.05) is 19.5 Å². The van der Waals surface area contributed by atoms with Crippen LogP contribution in [0.15, 0.2) is 40.9 Å². The first kappa shape index (κ1) is 16.1. The average Bonchev–Trinajstić information content (AvgIpc) is 2.49. The standard InChI is InChI=1S/C15H13BrINO3/c1-20-10-4-6-14(21-2)13(8-10)18-15(19)11-7-9(17)3-5-12(11)16/h3-8H,1-2H3,(H,18,19). The van der Waals surface area contributed by atoms with Crippen LogP contribution in [-0.4, -0.2) is 20.1 Å². The molecule has 0 aromatic heterocycles. The molecule has 110 valence electrons. The van der Waals surface area contributed by atoms with E-state index in [-0.39, 0.29) is 5.91 Å². The molecule has 0 heterocycles. The first-order valence-electron chi connectivity index (χ1n) is 6.03. The van der Waals surface area contributed by atoms with Crippen molar-refractivity contribution in [1.29, 1.82) is 0 Å². The molecule has 0 spiro atoms. The lowest BCUT2D eigenvalue weighted by Crippen LogP contribution is -2.13. The van der Waals surface area contributed by atoms with Crippen molar-refractivity contribution in [3.63, 3.8) is 0 Å². The molecule has 0 aliphatic carbocycles. The normalized spacial score (nSPS) is 10.1. The molecular formula is C15H13BrINO3. The minimum Gasteiger partial charge on any atom is -0.497 e. The Kier molecular flexibility index (Phi) is 5.46. The summed E-state index contributed by atoms with van der Waals surface area (Å²) < 4.78 is 12.1. The second kappa shape index (κ2) is 7.13. The molecule has 0 radical (unpaired) electrons. The van der Waals surface area contributed by atoms with E-state index >= 15 is 0 Å². The zero-order valence-electron chi connectivity index (χ0n) is 11.4. The monoisotopic (exact) mass is 461 g/mol. The second-order valence-electron chi connectivity index (χ2n) is 4.14. The topological polar surface area (TPSA) is 47.6 Å². The van der Waals surface area contributed by atoms with Crippen molar-refractivity contribution >= 4 is 50.1 Å². The van der Waals surface area contributed by atoms with Crippen LogP contribution in [0.1, 0.15) is 10.4 Å². The number of ether oxygens (including phenoxy) is 2. The minimum atomic E-state index is -0.216. The molecular weight excluding hydrogens is 449 g/mol. The summed E-state index contributed by atoms with van der Waals surface area (Å²) in [4.78, 5) is 12.4. The van der Waals surface area contributed by atoms with Crippen LogP contribution in [0, 0.1) is 3.57 Å². The van der Waals surface area contributed by atoms with Gasteiger partial charge >= 0.3 is 0 Å². The van der Waals surface area contributed by atoms with Crippen LogP contribution in [0.2, 0.25) is 0 Å². The Morgan fingerprint density at radius 1 is 1.14 bits per heavy atom. The molecule has 4 nitrogen and oxygen atoms in total. The third kappa shape index (κ3) is 3.88. The Morgan fingerprint density at radius 3 is 2.57 bits per heavy atom. The number of halogens is 2. The van der Waals surface area contributed by atoms with E-state index in [9.17, 15) is 4.79 Å². The lowest BCUT2D eigenvalue weighted by molar-refractivity contribution is 0.102. The molecule has 2 aromatic rings. The van der Waals surface area contributed by atoms with Crippen molar-refractivity contribution < 1.29 is 14.3 Å². The van der Waals surface area contributed by atoms with Gasteiger partial charge in [-0.2, -0.15) is 0 Å². The van der Waals surface area contributed by atoms with Crippen LogP contribution in [-0.2, 0) is 0 Å². The number of hydrogen-bond donors (Lipinski definition) is 1. The van der Waals surface area contributed by atoms with Gasteiger partial charge in [-0.05, 0) is 68.9 Å². The fourth-order valence-electron chi connectivity index (χ4n) is 1.77. The molecule has 0 bridgehead atoms. The van der Waals surface area contributed by atoms with Gasteiger partial charge in [0.2, 0.25) is 0 Å². The fraction of sp³-hybridized carbons (Fsp3) is 0.133. The first-order valence-corrected chi connectivity index (χ1v) is 7.90. The summed E-state index contributed by atoms with van der Waals surface area (Å²) in [5.74, 6) is 1.01. The Labute approximate surface area is 145 Å². The van der Waals surface area contributed by atoms with Gasteiger partial charge < -0.3 is 14.8 Å². The van der Waals surface area contributed by atoms with E-state index < -0.39 is 0 Å². The van der Waals surface area contributed by atoms with Crippen LogP contribution in [0.4, 0.5) is 5.69 Å². The maximum Gasteiger partial charge on any atom is 0.256 e.